The molecule has 1 aliphatic heterocycles. The second-order valence-corrected chi connectivity index (χ2v) is 6.58. The lowest BCUT2D eigenvalue weighted by molar-refractivity contribution is -0.130. The van der Waals surface area contributed by atoms with Crippen LogP contribution in [-0.4, -0.2) is 42.8 Å². The zero-order valence-corrected chi connectivity index (χ0v) is 15.9. The topological polar surface area (TPSA) is 59.0 Å². The number of carbonyl (C=O) groups excluding carboxylic acids is 1. The van der Waals surface area contributed by atoms with E-state index in [0.29, 0.717) is 17.8 Å². The van der Waals surface area contributed by atoms with E-state index in [-0.39, 0.29) is 18.6 Å². The molecule has 0 spiro atoms. The van der Waals surface area contributed by atoms with Crippen molar-refractivity contribution in [3.63, 3.8) is 0 Å². The largest absolute Gasteiger partial charge is 0.498 e. The SMILES string of the molecule is COC1=C(C)C(=O)N([C@H](CO)c2ccc(OC)cc2)[C@H]1Cc1ccccc1. The molecule has 2 aromatic rings. The molecule has 1 amide bonds. The van der Waals surface area contributed by atoms with Gasteiger partial charge < -0.3 is 19.5 Å². The van der Waals surface area contributed by atoms with Crippen molar-refractivity contribution < 1.29 is 19.4 Å². The van der Waals surface area contributed by atoms with E-state index in [9.17, 15) is 9.90 Å². The minimum absolute atomic E-state index is 0.109. The highest BCUT2D eigenvalue weighted by Gasteiger charge is 2.42. The van der Waals surface area contributed by atoms with Crippen LogP contribution < -0.4 is 4.74 Å². The Balaban J connectivity index is 1.97. The summed E-state index contributed by atoms with van der Waals surface area (Å²) in [7, 11) is 3.20. The predicted octanol–water partition coefficient (Wildman–Crippen LogP) is 3.10. The van der Waals surface area contributed by atoms with E-state index in [1.165, 1.54) is 0 Å². The lowest BCUT2D eigenvalue weighted by Crippen LogP contribution is -2.41. The molecule has 0 radical (unpaired) electrons. The van der Waals surface area contributed by atoms with Crippen LogP contribution >= 0.6 is 0 Å². The summed E-state index contributed by atoms with van der Waals surface area (Å²) in [6.45, 7) is 1.61. The number of aliphatic hydroxyl groups excluding tert-OH is 1. The summed E-state index contributed by atoms with van der Waals surface area (Å²) in [6, 6.07) is 16.7. The first kappa shape index (κ1) is 19.0. The molecule has 0 saturated carbocycles. The number of ether oxygens (including phenoxy) is 2. The Morgan fingerprint density at radius 2 is 1.70 bits per heavy atom. The number of rotatable bonds is 7. The minimum Gasteiger partial charge on any atom is -0.498 e. The van der Waals surface area contributed by atoms with Crippen LogP contribution in [0.2, 0.25) is 0 Å². The van der Waals surface area contributed by atoms with Gasteiger partial charge in [0.25, 0.3) is 5.91 Å². The van der Waals surface area contributed by atoms with E-state index in [2.05, 4.69) is 0 Å². The van der Waals surface area contributed by atoms with E-state index in [1.54, 1.807) is 26.0 Å². The number of aliphatic hydroxyl groups is 1. The van der Waals surface area contributed by atoms with Gasteiger partial charge >= 0.3 is 0 Å². The molecule has 0 bridgehead atoms. The maximum atomic E-state index is 13.0. The van der Waals surface area contributed by atoms with Gasteiger partial charge in [0.15, 0.2) is 0 Å². The summed E-state index contributed by atoms with van der Waals surface area (Å²) in [4.78, 5) is 14.8. The van der Waals surface area contributed by atoms with Crippen molar-refractivity contribution in [3.05, 3.63) is 77.1 Å². The first-order valence-electron chi connectivity index (χ1n) is 8.96. The summed E-state index contributed by atoms with van der Waals surface area (Å²) < 4.78 is 10.8. The lowest BCUT2D eigenvalue weighted by atomic mass is 10.00. The number of nitrogens with zero attached hydrogens (tertiary/aromatic N) is 1. The fraction of sp³-hybridized carbons (Fsp3) is 0.318. The number of hydrogen-bond acceptors (Lipinski definition) is 4. The first-order chi connectivity index (χ1) is 13.1. The van der Waals surface area contributed by atoms with Gasteiger partial charge in [-0.15, -0.1) is 0 Å². The molecular weight excluding hydrogens is 342 g/mol. The Hall–Kier alpha value is -2.79. The Bertz CT molecular complexity index is 814. The number of methoxy groups -OCH3 is 2. The van der Waals surface area contributed by atoms with Crippen molar-refractivity contribution >= 4 is 5.91 Å². The molecule has 2 aromatic carbocycles. The molecule has 0 saturated heterocycles. The number of benzene rings is 2. The van der Waals surface area contributed by atoms with E-state index >= 15 is 0 Å². The lowest BCUT2D eigenvalue weighted by Gasteiger charge is -2.33. The Kier molecular flexibility index (Phi) is 5.81. The summed E-state index contributed by atoms with van der Waals surface area (Å²) in [5.74, 6) is 1.29. The highest BCUT2D eigenvalue weighted by Crippen LogP contribution is 2.36. The van der Waals surface area contributed by atoms with Crippen LogP contribution in [0.1, 0.15) is 24.1 Å². The van der Waals surface area contributed by atoms with Crippen molar-refractivity contribution in [3.8, 4) is 5.75 Å². The molecule has 0 aromatic heterocycles. The second-order valence-electron chi connectivity index (χ2n) is 6.58. The summed E-state index contributed by atoms with van der Waals surface area (Å²) >= 11 is 0. The van der Waals surface area contributed by atoms with Crippen LogP contribution in [0.25, 0.3) is 0 Å². The van der Waals surface area contributed by atoms with Gasteiger partial charge in [-0.25, -0.2) is 0 Å². The van der Waals surface area contributed by atoms with Crippen LogP contribution in [0.5, 0.6) is 5.75 Å². The van der Waals surface area contributed by atoms with Crippen LogP contribution in [-0.2, 0) is 16.0 Å². The first-order valence-corrected chi connectivity index (χ1v) is 8.96. The molecule has 2 atom stereocenters. The third-order valence-corrected chi connectivity index (χ3v) is 5.06. The molecular formula is C22H25NO4. The highest BCUT2D eigenvalue weighted by atomic mass is 16.5. The summed E-state index contributed by atoms with van der Waals surface area (Å²) in [5, 5.41) is 10.1. The van der Waals surface area contributed by atoms with Crippen molar-refractivity contribution in [1.82, 2.24) is 4.90 Å². The Morgan fingerprint density at radius 3 is 2.26 bits per heavy atom. The van der Waals surface area contributed by atoms with Gasteiger partial charge in [-0.2, -0.15) is 0 Å². The van der Waals surface area contributed by atoms with Crippen molar-refractivity contribution in [2.45, 2.75) is 25.4 Å². The zero-order valence-electron chi connectivity index (χ0n) is 15.9. The maximum absolute atomic E-state index is 13.0. The molecule has 1 N–H and O–H groups in total. The summed E-state index contributed by atoms with van der Waals surface area (Å²) in [5.41, 5.74) is 2.55. The quantitative estimate of drug-likeness (QED) is 0.817. The predicted molar refractivity (Wildman–Crippen MR) is 103 cm³/mol. The van der Waals surface area contributed by atoms with Gasteiger partial charge in [0.05, 0.1) is 38.5 Å². The minimum atomic E-state index is -0.459. The number of carbonyl (C=O) groups is 1. The molecule has 5 heteroatoms. The van der Waals surface area contributed by atoms with E-state index < -0.39 is 6.04 Å². The van der Waals surface area contributed by atoms with E-state index in [1.807, 2.05) is 54.6 Å². The summed E-state index contributed by atoms with van der Waals surface area (Å²) in [6.07, 6.45) is 0.625. The number of hydrogen-bond donors (Lipinski definition) is 1. The van der Waals surface area contributed by atoms with Crippen LogP contribution in [0.3, 0.4) is 0 Å². The average Bonchev–Trinajstić information content (AvgIpc) is 2.94. The standard InChI is InChI=1S/C22H25NO4/c1-15-21(27-3)19(13-16-7-5-4-6-8-16)23(22(15)25)20(14-24)17-9-11-18(26-2)12-10-17/h4-12,19-20,24H,13-14H2,1-3H3/t19-,20+/m0/s1. The van der Waals surface area contributed by atoms with Crippen molar-refractivity contribution in [1.29, 1.82) is 0 Å². The van der Waals surface area contributed by atoms with Crippen LogP contribution in [0, 0.1) is 0 Å². The average molecular weight is 367 g/mol. The molecule has 1 heterocycles. The monoisotopic (exact) mass is 367 g/mol. The Morgan fingerprint density at radius 1 is 1.04 bits per heavy atom. The van der Waals surface area contributed by atoms with Crippen molar-refractivity contribution in [2.75, 3.05) is 20.8 Å². The van der Waals surface area contributed by atoms with Gasteiger partial charge in [0, 0.05) is 6.42 Å². The molecule has 142 valence electrons. The third-order valence-electron chi connectivity index (χ3n) is 5.06. The smallest absolute Gasteiger partial charge is 0.254 e. The fourth-order valence-corrected chi connectivity index (χ4v) is 3.67. The molecule has 0 fully saturated rings. The third kappa shape index (κ3) is 3.69. The van der Waals surface area contributed by atoms with E-state index in [0.717, 1.165) is 16.9 Å². The van der Waals surface area contributed by atoms with Gasteiger partial charge in [0.1, 0.15) is 11.5 Å². The molecule has 0 aliphatic carbocycles. The zero-order chi connectivity index (χ0) is 19.4. The molecule has 3 rings (SSSR count). The van der Waals surface area contributed by atoms with E-state index in [4.69, 9.17) is 9.47 Å². The van der Waals surface area contributed by atoms with Crippen LogP contribution in [0.15, 0.2) is 65.9 Å². The van der Waals surface area contributed by atoms with Gasteiger partial charge in [-0.1, -0.05) is 42.5 Å². The highest BCUT2D eigenvalue weighted by molar-refractivity contribution is 5.97. The van der Waals surface area contributed by atoms with Crippen LogP contribution in [0.4, 0.5) is 0 Å². The van der Waals surface area contributed by atoms with Gasteiger partial charge in [-0.05, 0) is 30.2 Å². The molecule has 5 nitrogen and oxygen atoms in total. The Labute approximate surface area is 159 Å². The molecule has 0 unspecified atom stereocenters. The maximum Gasteiger partial charge on any atom is 0.254 e. The molecule has 1 aliphatic rings. The van der Waals surface area contributed by atoms with Gasteiger partial charge in [0.2, 0.25) is 0 Å². The normalized spacial score (nSPS) is 18.0. The second kappa shape index (κ2) is 8.27. The van der Waals surface area contributed by atoms with Gasteiger partial charge in [-0.3, -0.25) is 4.79 Å². The van der Waals surface area contributed by atoms with Crippen molar-refractivity contribution in [2.24, 2.45) is 0 Å². The fourth-order valence-electron chi connectivity index (χ4n) is 3.67. The number of amides is 1. The molecule has 27 heavy (non-hydrogen) atoms.